The van der Waals surface area contributed by atoms with E-state index in [1.54, 1.807) is 29.6 Å². The maximum Gasteiger partial charge on any atom is 0.266 e. The molecule has 0 amide bonds. The Morgan fingerprint density at radius 1 is 1.17 bits per heavy atom. The largest absolute Gasteiger partial charge is 0.291 e. The molecule has 2 aromatic heterocycles. The minimum Gasteiger partial charge on any atom is -0.291 e. The number of aryl methyl sites for hydroxylation is 1. The number of sulfonamides is 1. The van der Waals surface area contributed by atoms with Crippen molar-refractivity contribution in [1.82, 2.24) is 4.98 Å². The first-order valence-electron chi connectivity index (χ1n) is 7.05. The van der Waals surface area contributed by atoms with Crippen molar-refractivity contribution >= 4 is 43.6 Å². The first-order chi connectivity index (χ1) is 11.5. The molecule has 0 bridgehead atoms. The summed E-state index contributed by atoms with van der Waals surface area (Å²) in [6, 6.07) is 11.6. The van der Waals surface area contributed by atoms with Crippen molar-refractivity contribution < 1.29 is 13.2 Å². The van der Waals surface area contributed by atoms with Crippen LogP contribution in [0.25, 0.3) is 0 Å². The standard InChI is InChI=1S/C16H14N2O3S3/c1-12-7-8-15(23-12)14(19)11-18(16-17-9-10-22-16)24(20,21)13-5-3-2-4-6-13/h2-10H,11H2,1H3. The molecular formula is C16H14N2O3S3. The maximum absolute atomic E-state index is 12.9. The van der Waals surface area contributed by atoms with Gasteiger partial charge in [0.1, 0.15) is 6.54 Å². The molecule has 0 spiro atoms. The summed E-state index contributed by atoms with van der Waals surface area (Å²) in [4.78, 5) is 18.3. The van der Waals surface area contributed by atoms with Crippen LogP contribution in [0, 0.1) is 6.92 Å². The number of carbonyl (C=O) groups is 1. The van der Waals surface area contributed by atoms with Crippen LogP contribution in [-0.4, -0.2) is 25.7 Å². The lowest BCUT2D eigenvalue weighted by molar-refractivity contribution is 0.101. The van der Waals surface area contributed by atoms with Gasteiger partial charge in [-0.3, -0.25) is 4.79 Å². The SMILES string of the molecule is Cc1ccc(C(=O)CN(c2nccs2)S(=O)(=O)c2ccccc2)s1. The monoisotopic (exact) mass is 378 g/mol. The summed E-state index contributed by atoms with van der Waals surface area (Å²) in [7, 11) is -3.86. The minimum atomic E-state index is -3.86. The highest BCUT2D eigenvalue weighted by molar-refractivity contribution is 7.93. The fraction of sp³-hybridized carbons (Fsp3) is 0.125. The van der Waals surface area contributed by atoms with Gasteiger partial charge < -0.3 is 0 Å². The Hall–Kier alpha value is -2.03. The molecule has 0 aliphatic heterocycles. The normalized spacial score (nSPS) is 11.4. The van der Waals surface area contributed by atoms with Crippen molar-refractivity contribution in [3.05, 3.63) is 63.8 Å². The lowest BCUT2D eigenvalue weighted by Crippen LogP contribution is -2.35. The third-order valence-electron chi connectivity index (χ3n) is 3.27. The van der Waals surface area contributed by atoms with E-state index in [1.165, 1.54) is 41.0 Å². The van der Waals surface area contributed by atoms with E-state index in [-0.39, 0.29) is 22.4 Å². The molecule has 0 saturated carbocycles. The first kappa shape index (κ1) is 16.8. The first-order valence-corrected chi connectivity index (χ1v) is 10.2. The molecule has 0 aliphatic rings. The van der Waals surface area contributed by atoms with Crippen molar-refractivity contribution in [1.29, 1.82) is 0 Å². The molecule has 24 heavy (non-hydrogen) atoms. The Bertz CT molecular complexity index is 932. The van der Waals surface area contributed by atoms with Crippen LogP contribution in [0.1, 0.15) is 14.5 Å². The maximum atomic E-state index is 12.9. The Balaban J connectivity index is 1.97. The highest BCUT2D eigenvalue weighted by atomic mass is 32.2. The molecule has 2 heterocycles. The molecule has 0 atom stereocenters. The van der Waals surface area contributed by atoms with Gasteiger partial charge in [-0.2, -0.15) is 0 Å². The predicted molar refractivity (Wildman–Crippen MR) is 96.5 cm³/mol. The quantitative estimate of drug-likeness (QED) is 0.615. The molecule has 0 N–H and O–H groups in total. The van der Waals surface area contributed by atoms with Crippen LogP contribution in [0.3, 0.4) is 0 Å². The number of rotatable bonds is 6. The highest BCUT2D eigenvalue weighted by Crippen LogP contribution is 2.26. The van der Waals surface area contributed by atoms with Crippen LogP contribution in [0.5, 0.6) is 0 Å². The lowest BCUT2D eigenvalue weighted by Gasteiger charge is -2.20. The Kier molecular flexibility index (Phi) is 4.79. The van der Waals surface area contributed by atoms with Crippen molar-refractivity contribution in [3.63, 3.8) is 0 Å². The van der Waals surface area contributed by atoms with Crippen molar-refractivity contribution in [2.45, 2.75) is 11.8 Å². The third-order valence-corrected chi connectivity index (χ3v) is 6.97. The number of thiazole rings is 1. The lowest BCUT2D eigenvalue weighted by atomic mass is 10.3. The zero-order chi connectivity index (χ0) is 17.2. The van der Waals surface area contributed by atoms with Crippen LogP contribution >= 0.6 is 22.7 Å². The molecule has 5 nitrogen and oxygen atoms in total. The number of ketones is 1. The number of anilines is 1. The number of hydrogen-bond donors (Lipinski definition) is 0. The predicted octanol–water partition coefficient (Wildman–Crippen LogP) is 3.59. The second kappa shape index (κ2) is 6.84. The average Bonchev–Trinajstić information content (AvgIpc) is 3.24. The van der Waals surface area contributed by atoms with E-state index in [4.69, 9.17) is 0 Å². The van der Waals surface area contributed by atoms with Crippen LogP contribution < -0.4 is 4.31 Å². The highest BCUT2D eigenvalue weighted by Gasteiger charge is 2.29. The van der Waals surface area contributed by atoms with Crippen LogP contribution in [0.15, 0.2) is 58.9 Å². The molecule has 1 aromatic carbocycles. The number of nitrogens with zero attached hydrogens (tertiary/aromatic N) is 2. The number of benzene rings is 1. The molecule has 8 heteroatoms. The molecule has 0 radical (unpaired) electrons. The van der Waals surface area contributed by atoms with Gasteiger partial charge in [-0.25, -0.2) is 17.7 Å². The van der Waals surface area contributed by atoms with Gasteiger partial charge in [0, 0.05) is 16.5 Å². The number of Topliss-reactive ketones (excluding diaryl/α,β-unsaturated/α-hetero) is 1. The summed E-state index contributed by atoms with van der Waals surface area (Å²) in [6.45, 7) is 1.63. The second-order valence-corrected chi connectivity index (χ2v) is 9.00. The van der Waals surface area contributed by atoms with E-state index in [0.29, 0.717) is 4.88 Å². The summed E-state index contributed by atoms with van der Waals surface area (Å²) in [6.07, 6.45) is 1.52. The number of aromatic nitrogens is 1. The Morgan fingerprint density at radius 3 is 2.50 bits per heavy atom. The van der Waals surface area contributed by atoms with E-state index in [9.17, 15) is 13.2 Å². The van der Waals surface area contributed by atoms with Gasteiger partial charge in [-0.15, -0.1) is 22.7 Å². The van der Waals surface area contributed by atoms with Gasteiger partial charge in [0.05, 0.1) is 9.77 Å². The van der Waals surface area contributed by atoms with E-state index in [1.807, 2.05) is 13.0 Å². The Morgan fingerprint density at radius 2 is 1.92 bits per heavy atom. The van der Waals surface area contributed by atoms with E-state index in [2.05, 4.69) is 4.98 Å². The number of hydrogen-bond acceptors (Lipinski definition) is 6. The van der Waals surface area contributed by atoms with Gasteiger partial charge in [-0.1, -0.05) is 18.2 Å². The molecular weight excluding hydrogens is 364 g/mol. The molecule has 0 saturated heterocycles. The topological polar surface area (TPSA) is 67.3 Å². The molecule has 0 aliphatic carbocycles. The summed E-state index contributed by atoms with van der Waals surface area (Å²) in [5, 5.41) is 1.96. The van der Waals surface area contributed by atoms with Crippen molar-refractivity contribution in [2.75, 3.05) is 10.8 Å². The summed E-state index contributed by atoms with van der Waals surface area (Å²) in [5.74, 6) is -0.247. The molecule has 0 unspecified atom stereocenters. The average molecular weight is 379 g/mol. The number of thiophene rings is 1. The summed E-state index contributed by atoms with van der Waals surface area (Å²) in [5.41, 5.74) is 0. The minimum absolute atomic E-state index is 0.135. The molecule has 3 aromatic rings. The summed E-state index contributed by atoms with van der Waals surface area (Å²) < 4.78 is 27.0. The second-order valence-electron chi connectivity index (χ2n) is 4.97. The fourth-order valence-electron chi connectivity index (χ4n) is 2.11. The Labute approximate surface area is 148 Å². The van der Waals surface area contributed by atoms with Crippen molar-refractivity contribution in [2.24, 2.45) is 0 Å². The molecule has 124 valence electrons. The van der Waals surface area contributed by atoms with E-state index in [0.717, 1.165) is 9.18 Å². The van der Waals surface area contributed by atoms with Gasteiger partial charge in [-0.05, 0) is 31.2 Å². The van der Waals surface area contributed by atoms with Gasteiger partial charge in [0.25, 0.3) is 10.0 Å². The van der Waals surface area contributed by atoms with Crippen LogP contribution in [0.2, 0.25) is 0 Å². The molecule has 0 fully saturated rings. The van der Waals surface area contributed by atoms with Crippen LogP contribution in [0.4, 0.5) is 5.13 Å². The zero-order valence-electron chi connectivity index (χ0n) is 12.7. The number of carbonyl (C=O) groups excluding carboxylic acids is 1. The summed E-state index contributed by atoms with van der Waals surface area (Å²) >= 11 is 2.54. The fourth-order valence-corrected chi connectivity index (χ4v) is 5.17. The third kappa shape index (κ3) is 3.40. The smallest absolute Gasteiger partial charge is 0.266 e. The van der Waals surface area contributed by atoms with Gasteiger partial charge >= 0.3 is 0 Å². The van der Waals surface area contributed by atoms with Gasteiger partial charge in [0.2, 0.25) is 0 Å². The zero-order valence-corrected chi connectivity index (χ0v) is 15.2. The van der Waals surface area contributed by atoms with E-state index >= 15 is 0 Å². The van der Waals surface area contributed by atoms with Crippen molar-refractivity contribution in [3.8, 4) is 0 Å². The molecule has 3 rings (SSSR count). The van der Waals surface area contributed by atoms with Crippen LogP contribution in [-0.2, 0) is 10.0 Å². The van der Waals surface area contributed by atoms with E-state index < -0.39 is 10.0 Å². The van der Waals surface area contributed by atoms with Gasteiger partial charge in [0.15, 0.2) is 10.9 Å².